The van der Waals surface area contributed by atoms with Crippen LogP contribution in [0.1, 0.15) is 27.2 Å². The highest BCUT2D eigenvalue weighted by Crippen LogP contribution is 2.21. The first-order valence-corrected chi connectivity index (χ1v) is 6.28. The molecule has 0 aromatic rings. The summed E-state index contributed by atoms with van der Waals surface area (Å²) in [6.07, 6.45) is -3.92. The number of likely N-dealkylation sites (tertiary alicyclic amines) is 1. The van der Waals surface area contributed by atoms with Gasteiger partial charge in [-0.25, -0.2) is 0 Å². The minimum atomic E-state index is -4.13. The van der Waals surface area contributed by atoms with E-state index in [0.29, 0.717) is 26.1 Å². The average Bonchev–Trinajstić information content (AvgIpc) is 2.57. The highest BCUT2D eigenvalue weighted by atomic mass is 19.4. The van der Waals surface area contributed by atoms with Crippen LogP contribution in [0.4, 0.5) is 13.2 Å². The molecule has 0 saturated carbocycles. The Morgan fingerprint density at radius 2 is 1.94 bits per heavy atom. The molecule has 1 saturated heterocycles. The smallest absolute Gasteiger partial charge is 0.391 e. The van der Waals surface area contributed by atoms with Crippen LogP contribution < -0.4 is 5.32 Å². The second-order valence-electron chi connectivity index (χ2n) is 6.13. The Bertz CT molecular complexity index is 263. The average molecular weight is 268 g/mol. The van der Waals surface area contributed by atoms with E-state index in [1.807, 2.05) is 20.8 Å². The van der Waals surface area contributed by atoms with Crippen molar-refractivity contribution in [2.75, 3.05) is 26.2 Å². The number of alkyl halides is 3. The highest BCUT2D eigenvalue weighted by Gasteiger charge is 2.34. The van der Waals surface area contributed by atoms with E-state index in [2.05, 4.69) is 5.32 Å². The summed E-state index contributed by atoms with van der Waals surface area (Å²) in [5, 5.41) is 13.0. The Balaban J connectivity index is 2.27. The van der Waals surface area contributed by atoms with Crippen LogP contribution in [-0.4, -0.2) is 54.5 Å². The molecule has 3 nitrogen and oxygen atoms in total. The van der Waals surface area contributed by atoms with E-state index in [9.17, 15) is 18.3 Å². The molecule has 1 fully saturated rings. The van der Waals surface area contributed by atoms with Gasteiger partial charge in [-0.2, -0.15) is 13.2 Å². The van der Waals surface area contributed by atoms with Gasteiger partial charge in [0.15, 0.2) is 0 Å². The molecule has 0 unspecified atom stereocenters. The molecule has 2 N–H and O–H groups in total. The Kier molecular flexibility index (Phi) is 5.03. The molecule has 1 heterocycles. The van der Waals surface area contributed by atoms with Crippen LogP contribution in [0.3, 0.4) is 0 Å². The van der Waals surface area contributed by atoms with Crippen molar-refractivity contribution in [1.29, 1.82) is 0 Å². The van der Waals surface area contributed by atoms with Crippen LogP contribution in [0.15, 0.2) is 0 Å². The van der Waals surface area contributed by atoms with E-state index >= 15 is 0 Å². The van der Waals surface area contributed by atoms with Crippen LogP contribution in [-0.2, 0) is 0 Å². The number of hydrogen-bond acceptors (Lipinski definition) is 3. The highest BCUT2D eigenvalue weighted by molar-refractivity contribution is 4.84. The molecule has 2 atom stereocenters. The molecule has 0 aliphatic carbocycles. The maximum Gasteiger partial charge on any atom is 0.401 e. The minimum absolute atomic E-state index is 0.0457. The summed E-state index contributed by atoms with van der Waals surface area (Å²) in [6, 6.07) is 0.0457. The lowest BCUT2D eigenvalue weighted by Crippen LogP contribution is -2.42. The monoisotopic (exact) mass is 268 g/mol. The first-order valence-electron chi connectivity index (χ1n) is 6.28. The van der Waals surface area contributed by atoms with E-state index in [4.69, 9.17) is 0 Å². The number of aliphatic hydroxyl groups is 1. The van der Waals surface area contributed by atoms with Gasteiger partial charge in [0.1, 0.15) is 0 Å². The van der Waals surface area contributed by atoms with E-state index in [-0.39, 0.29) is 11.5 Å². The maximum atomic E-state index is 12.2. The maximum absolute atomic E-state index is 12.2. The lowest BCUT2D eigenvalue weighted by atomic mass is 9.89. The molecule has 108 valence electrons. The van der Waals surface area contributed by atoms with Gasteiger partial charge in [-0.3, -0.25) is 4.90 Å². The molecule has 0 bridgehead atoms. The third-order valence-corrected chi connectivity index (χ3v) is 3.27. The third kappa shape index (κ3) is 5.54. The zero-order valence-electron chi connectivity index (χ0n) is 11.2. The zero-order valence-corrected chi connectivity index (χ0v) is 11.2. The van der Waals surface area contributed by atoms with Crippen molar-refractivity contribution in [3.8, 4) is 0 Å². The molecular weight excluding hydrogens is 245 g/mol. The Morgan fingerprint density at radius 3 is 2.44 bits per heavy atom. The quantitative estimate of drug-likeness (QED) is 0.813. The van der Waals surface area contributed by atoms with Gasteiger partial charge in [0, 0.05) is 25.7 Å². The number of rotatable bonds is 4. The Morgan fingerprint density at radius 1 is 1.33 bits per heavy atom. The van der Waals surface area contributed by atoms with Crippen molar-refractivity contribution in [1.82, 2.24) is 10.2 Å². The predicted octanol–water partition coefficient (Wildman–Crippen LogP) is 1.62. The van der Waals surface area contributed by atoms with Crippen molar-refractivity contribution in [3.63, 3.8) is 0 Å². The van der Waals surface area contributed by atoms with E-state index < -0.39 is 18.8 Å². The third-order valence-electron chi connectivity index (χ3n) is 3.27. The van der Waals surface area contributed by atoms with Crippen LogP contribution >= 0.6 is 0 Å². The van der Waals surface area contributed by atoms with Crippen molar-refractivity contribution < 1.29 is 18.3 Å². The second-order valence-corrected chi connectivity index (χ2v) is 6.13. The lowest BCUT2D eigenvalue weighted by molar-refractivity contribution is -0.143. The Labute approximate surface area is 106 Å². The van der Waals surface area contributed by atoms with E-state index in [0.717, 1.165) is 0 Å². The summed E-state index contributed by atoms with van der Waals surface area (Å²) >= 11 is 0. The number of hydrogen-bond donors (Lipinski definition) is 2. The van der Waals surface area contributed by atoms with Gasteiger partial charge < -0.3 is 10.4 Å². The van der Waals surface area contributed by atoms with Crippen LogP contribution in [0.5, 0.6) is 0 Å². The largest absolute Gasteiger partial charge is 0.401 e. The van der Waals surface area contributed by atoms with E-state index in [1.54, 1.807) is 0 Å². The van der Waals surface area contributed by atoms with Gasteiger partial charge in [-0.1, -0.05) is 20.8 Å². The summed E-state index contributed by atoms with van der Waals surface area (Å²) in [5.74, 6) is 0. The first kappa shape index (κ1) is 15.7. The van der Waals surface area contributed by atoms with Crippen molar-refractivity contribution in [2.24, 2.45) is 5.41 Å². The van der Waals surface area contributed by atoms with Gasteiger partial charge >= 0.3 is 6.18 Å². The molecule has 1 rings (SSSR count). The summed E-state index contributed by atoms with van der Waals surface area (Å²) in [7, 11) is 0. The van der Waals surface area contributed by atoms with Gasteiger partial charge in [-0.05, 0) is 11.8 Å². The number of aliphatic hydroxyl groups excluding tert-OH is 1. The fourth-order valence-electron chi connectivity index (χ4n) is 1.98. The van der Waals surface area contributed by atoms with Crippen LogP contribution in [0.25, 0.3) is 0 Å². The van der Waals surface area contributed by atoms with Gasteiger partial charge in [0.05, 0.1) is 12.6 Å². The second kappa shape index (κ2) is 5.75. The molecule has 0 radical (unpaired) electrons. The van der Waals surface area contributed by atoms with Crippen molar-refractivity contribution in [3.05, 3.63) is 0 Å². The molecule has 0 aromatic carbocycles. The van der Waals surface area contributed by atoms with Crippen LogP contribution in [0.2, 0.25) is 0 Å². The molecule has 0 spiro atoms. The normalized spacial score (nSPS) is 24.5. The van der Waals surface area contributed by atoms with Gasteiger partial charge in [-0.15, -0.1) is 0 Å². The minimum Gasteiger partial charge on any atom is -0.391 e. The van der Waals surface area contributed by atoms with Gasteiger partial charge in [0.25, 0.3) is 0 Å². The van der Waals surface area contributed by atoms with Crippen molar-refractivity contribution >= 4 is 0 Å². The molecule has 1 aliphatic rings. The lowest BCUT2D eigenvalue weighted by Gasteiger charge is -2.27. The molecule has 6 heteroatoms. The zero-order chi connectivity index (χ0) is 14.0. The first-order chi connectivity index (χ1) is 8.08. The molecule has 0 aromatic heterocycles. The van der Waals surface area contributed by atoms with Gasteiger partial charge in [0.2, 0.25) is 0 Å². The predicted molar refractivity (Wildman–Crippen MR) is 64.4 cm³/mol. The van der Waals surface area contributed by atoms with Crippen LogP contribution in [0, 0.1) is 5.41 Å². The summed E-state index contributed by atoms with van der Waals surface area (Å²) in [6.45, 7) is 6.25. The van der Waals surface area contributed by atoms with E-state index in [1.165, 1.54) is 4.90 Å². The molecule has 0 amide bonds. The number of nitrogens with zero attached hydrogens (tertiary/aromatic N) is 1. The SMILES string of the molecule is CC(C)(C)[C@@H](O)CN[C@@H]1CCN(CC(F)(F)F)C1. The number of nitrogens with one attached hydrogen (secondary N) is 1. The Hall–Kier alpha value is -0.330. The topological polar surface area (TPSA) is 35.5 Å². The molecule has 18 heavy (non-hydrogen) atoms. The standard InChI is InChI=1S/C12H23F3N2O/c1-11(2,3)10(18)6-16-9-4-5-17(7-9)8-12(13,14)15/h9-10,16,18H,4-8H2,1-3H3/t9-,10+/m1/s1. The fourth-order valence-corrected chi connectivity index (χ4v) is 1.98. The van der Waals surface area contributed by atoms with Crippen molar-refractivity contribution in [2.45, 2.75) is 45.5 Å². The number of halogens is 3. The summed E-state index contributed by atoms with van der Waals surface area (Å²) in [4.78, 5) is 1.40. The molecular formula is C12H23F3N2O. The molecule has 1 aliphatic heterocycles. The fraction of sp³-hybridized carbons (Fsp3) is 1.00. The summed E-state index contributed by atoms with van der Waals surface area (Å²) in [5.41, 5.74) is -0.211. The summed E-state index contributed by atoms with van der Waals surface area (Å²) < 4.78 is 36.6.